The van der Waals surface area contributed by atoms with Gasteiger partial charge in [-0.05, 0) is 36.9 Å². The van der Waals surface area contributed by atoms with Crippen molar-refractivity contribution in [2.75, 3.05) is 32.7 Å². The van der Waals surface area contributed by atoms with E-state index in [-0.39, 0.29) is 5.91 Å². The molecule has 0 aliphatic carbocycles. The summed E-state index contributed by atoms with van der Waals surface area (Å²) in [7, 11) is 0. The van der Waals surface area contributed by atoms with E-state index in [9.17, 15) is 4.79 Å². The molecule has 3 nitrogen and oxygen atoms in total. The zero-order valence-electron chi connectivity index (χ0n) is 15.4. The zero-order chi connectivity index (χ0) is 17.8. The summed E-state index contributed by atoms with van der Waals surface area (Å²) in [5, 5.41) is 0. The largest absolute Gasteiger partial charge is 0.342 e. The maximum absolute atomic E-state index is 12.7. The Balaban J connectivity index is 1.28. The molecule has 2 heterocycles. The Bertz CT molecular complexity index is 730. The molecule has 136 valence electrons. The zero-order valence-corrected chi connectivity index (χ0v) is 15.4. The minimum atomic E-state index is 0.288. The van der Waals surface area contributed by atoms with E-state index in [2.05, 4.69) is 40.1 Å². The van der Waals surface area contributed by atoms with Crippen molar-refractivity contribution in [2.45, 2.75) is 25.7 Å². The first-order valence-electron chi connectivity index (χ1n) is 9.81. The topological polar surface area (TPSA) is 23.6 Å². The number of rotatable bonds is 5. The third-order valence-electron chi connectivity index (χ3n) is 6.07. The molecule has 0 radical (unpaired) electrons. The van der Waals surface area contributed by atoms with E-state index in [1.54, 1.807) is 0 Å². The van der Waals surface area contributed by atoms with Crippen LogP contribution >= 0.6 is 0 Å². The van der Waals surface area contributed by atoms with E-state index in [1.165, 1.54) is 18.5 Å². The van der Waals surface area contributed by atoms with Crippen molar-refractivity contribution >= 4 is 5.91 Å². The molecule has 3 heteroatoms. The molecule has 1 spiro atoms. The van der Waals surface area contributed by atoms with Crippen LogP contribution in [-0.4, -0.2) is 48.4 Å². The second-order valence-electron chi connectivity index (χ2n) is 7.99. The number of hydrogen-bond donors (Lipinski definition) is 0. The minimum Gasteiger partial charge on any atom is -0.342 e. The second kappa shape index (κ2) is 7.63. The summed E-state index contributed by atoms with van der Waals surface area (Å²) in [6.07, 6.45) is 4.05. The lowest BCUT2D eigenvalue weighted by Gasteiger charge is -2.25. The third-order valence-corrected chi connectivity index (χ3v) is 6.07. The third kappa shape index (κ3) is 3.99. The predicted molar refractivity (Wildman–Crippen MR) is 105 cm³/mol. The Hall–Kier alpha value is -2.13. The van der Waals surface area contributed by atoms with Crippen LogP contribution in [0.1, 0.15) is 24.0 Å². The van der Waals surface area contributed by atoms with Crippen LogP contribution in [0.2, 0.25) is 0 Å². The van der Waals surface area contributed by atoms with Crippen LogP contribution < -0.4 is 0 Å². The normalized spacial score (nSPS) is 23.0. The van der Waals surface area contributed by atoms with Crippen LogP contribution in [-0.2, 0) is 17.6 Å². The lowest BCUT2D eigenvalue weighted by molar-refractivity contribution is -0.129. The molecule has 2 fully saturated rings. The maximum atomic E-state index is 12.7. The molecule has 2 saturated heterocycles. The molecule has 0 aromatic heterocycles. The summed E-state index contributed by atoms with van der Waals surface area (Å²) in [6, 6.07) is 20.9. The molecule has 2 aliphatic rings. The monoisotopic (exact) mass is 348 g/mol. The molecule has 1 unspecified atom stereocenters. The van der Waals surface area contributed by atoms with Crippen molar-refractivity contribution in [1.82, 2.24) is 9.80 Å². The minimum absolute atomic E-state index is 0.288. The molecule has 0 saturated carbocycles. The first-order chi connectivity index (χ1) is 12.7. The number of benzene rings is 2. The quantitative estimate of drug-likeness (QED) is 0.827. The lowest BCUT2D eigenvalue weighted by Crippen LogP contribution is -2.35. The predicted octanol–water partition coefficient (Wildman–Crippen LogP) is 3.40. The Morgan fingerprint density at radius 3 is 2.23 bits per heavy atom. The highest BCUT2D eigenvalue weighted by Crippen LogP contribution is 2.39. The Labute approximate surface area is 156 Å². The van der Waals surface area contributed by atoms with Gasteiger partial charge in [-0.25, -0.2) is 0 Å². The number of carbonyl (C=O) groups is 1. The molecule has 1 atom stereocenters. The van der Waals surface area contributed by atoms with E-state index in [4.69, 9.17) is 0 Å². The number of likely N-dealkylation sites (tertiary alicyclic amines) is 2. The van der Waals surface area contributed by atoms with Crippen LogP contribution in [0, 0.1) is 5.41 Å². The van der Waals surface area contributed by atoms with Gasteiger partial charge in [-0.2, -0.15) is 0 Å². The van der Waals surface area contributed by atoms with Crippen LogP contribution in [0.5, 0.6) is 0 Å². The molecular weight excluding hydrogens is 320 g/mol. The molecule has 2 aromatic carbocycles. The van der Waals surface area contributed by atoms with Crippen molar-refractivity contribution in [1.29, 1.82) is 0 Å². The van der Waals surface area contributed by atoms with Gasteiger partial charge < -0.3 is 9.80 Å². The molecule has 2 aliphatic heterocycles. The van der Waals surface area contributed by atoms with E-state index in [0.29, 0.717) is 11.8 Å². The van der Waals surface area contributed by atoms with E-state index >= 15 is 0 Å². The van der Waals surface area contributed by atoms with Gasteiger partial charge in [0.25, 0.3) is 0 Å². The van der Waals surface area contributed by atoms with Gasteiger partial charge in [0.2, 0.25) is 5.91 Å². The van der Waals surface area contributed by atoms with Gasteiger partial charge in [-0.15, -0.1) is 0 Å². The fourth-order valence-electron chi connectivity index (χ4n) is 4.51. The molecule has 0 bridgehead atoms. The number of carbonyl (C=O) groups excluding carboxylic acids is 1. The van der Waals surface area contributed by atoms with E-state index in [1.807, 2.05) is 30.3 Å². The highest BCUT2D eigenvalue weighted by Gasteiger charge is 2.44. The summed E-state index contributed by atoms with van der Waals surface area (Å²) < 4.78 is 0. The molecule has 0 N–H and O–H groups in total. The van der Waals surface area contributed by atoms with Gasteiger partial charge in [-0.3, -0.25) is 4.79 Å². The van der Waals surface area contributed by atoms with Gasteiger partial charge in [0, 0.05) is 31.6 Å². The van der Waals surface area contributed by atoms with Crippen LogP contribution in [0.15, 0.2) is 60.7 Å². The molecule has 2 aromatic rings. The fourth-order valence-corrected chi connectivity index (χ4v) is 4.51. The molecule has 1 amide bonds. The number of nitrogens with zero attached hydrogens (tertiary/aromatic N) is 2. The molecule has 4 rings (SSSR count). The fraction of sp³-hybridized carbons (Fsp3) is 0.435. The summed E-state index contributed by atoms with van der Waals surface area (Å²) in [4.78, 5) is 17.4. The van der Waals surface area contributed by atoms with Crippen LogP contribution in [0.4, 0.5) is 0 Å². The van der Waals surface area contributed by atoms with Crippen molar-refractivity contribution in [3.63, 3.8) is 0 Å². The number of amides is 1. The molecular formula is C23H28N2O. The highest BCUT2D eigenvalue weighted by atomic mass is 16.2. The van der Waals surface area contributed by atoms with Gasteiger partial charge in [-0.1, -0.05) is 60.7 Å². The Morgan fingerprint density at radius 1 is 0.846 bits per heavy atom. The van der Waals surface area contributed by atoms with E-state index in [0.717, 1.165) is 44.6 Å². The summed E-state index contributed by atoms with van der Waals surface area (Å²) in [5.41, 5.74) is 2.87. The standard InChI is InChI=1S/C23H28N2O/c26-22(17-21-9-5-2-6-10-21)25-16-13-23(19-25)12-15-24(18-23)14-11-20-7-3-1-4-8-20/h1-10H,11-19H2. The van der Waals surface area contributed by atoms with Gasteiger partial charge in [0.15, 0.2) is 0 Å². The van der Waals surface area contributed by atoms with Gasteiger partial charge >= 0.3 is 0 Å². The number of hydrogen-bond acceptors (Lipinski definition) is 2. The average Bonchev–Trinajstić information content (AvgIpc) is 3.29. The maximum Gasteiger partial charge on any atom is 0.227 e. The van der Waals surface area contributed by atoms with Crippen molar-refractivity contribution in [3.8, 4) is 0 Å². The van der Waals surface area contributed by atoms with Crippen molar-refractivity contribution < 1.29 is 4.79 Å². The van der Waals surface area contributed by atoms with Crippen molar-refractivity contribution in [2.24, 2.45) is 5.41 Å². The summed E-state index contributed by atoms with van der Waals surface area (Å²) in [6.45, 7) is 5.32. The summed E-state index contributed by atoms with van der Waals surface area (Å²) >= 11 is 0. The first kappa shape index (κ1) is 17.3. The van der Waals surface area contributed by atoms with Gasteiger partial charge in [0.1, 0.15) is 0 Å². The first-order valence-corrected chi connectivity index (χ1v) is 9.81. The lowest BCUT2D eigenvalue weighted by atomic mass is 9.86. The second-order valence-corrected chi connectivity index (χ2v) is 7.99. The van der Waals surface area contributed by atoms with Crippen LogP contribution in [0.3, 0.4) is 0 Å². The smallest absolute Gasteiger partial charge is 0.227 e. The van der Waals surface area contributed by atoms with Crippen LogP contribution in [0.25, 0.3) is 0 Å². The Kier molecular flexibility index (Phi) is 5.07. The summed E-state index contributed by atoms with van der Waals surface area (Å²) in [5.74, 6) is 0.288. The van der Waals surface area contributed by atoms with E-state index < -0.39 is 0 Å². The average molecular weight is 348 g/mol. The highest BCUT2D eigenvalue weighted by molar-refractivity contribution is 5.79. The van der Waals surface area contributed by atoms with Crippen molar-refractivity contribution in [3.05, 3.63) is 71.8 Å². The SMILES string of the molecule is O=C(Cc1ccccc1)N1CCC2(CCN(CCc3ccccc3)C2)C1. The van der Waals surface area contributed by atoms with Gasteiger partial charge in [0.05, 0.1) is 6.42 Å². The molecule has 26 heavy (non-hydrogen) atoms. The Morgan fingerprint density at radius 2 is 1.50 bits per heavy atom.